The molecule has 1 saturated heterocycles. The van der Waals surface area contributed by atoms with Crippen molar-refractivity contribution in [3.63, 3.8) is 0 Å². The lowest BCUT2D eigenvalue weighted by Gasteiger charge is -2.40. The summed E-state index contributed by atoms with van der Waals surface area (Å²) >= 11 is 0. The number of nitrogens with one attached hydrogen (secondary N) is 1. The topological polar surface area (TPSA) is 74.3 Å². The van der Waals surface area contributed by atoms with Crippen LogP contribution >= 0.6 is 0 Å². The Hall–Kier alpha value is -1.99. The van der Waals surface area contributed by atoms with Crippen LogP contribution in [0.25, 0.3) is 0 Å². The molecular formula is C19H31N3O4. The van der Waals surface area contributed by atoms with Crippen molar-refractivity contribution in [1.29, 1.82) is 0 Å². The van der Waals surface area contributed by atoms with E-state index in [1.54, 1.807) is 19.1 Å². The fourth-order valence-corrected chi connectivity index (χ4v) is 3.48. The minimum absolute atomic E-state index is 0.130. The number of amides is 2. The van der Waals surface area contributed by atoms with E-state index in [1.807, 2.05) is 37.2 Å². The summed E-state index contributed by atoms with van der Waals surface area (Å²) in [6.45, 7) is 2.10. The normalized spacial score (nSPS) is 20.2. The highest BCUT2D eigenvalue weighted by atomic mass is 16.5. The number of rotatable bonds is 7. The molecule has 0 radical (unpaired) electrons. The number of likely N-dealkylation sites (N-methyl/N-ethyl adjacent to an activating group) is 1. The van der Waals surface area contributed by atoms with Crippen LogP contribution in [-0.4, -0.2) is 81.0 Å². The lowest BCUT2D eigenvalue weighted by atomic mass is 9.92. The van der Waals surface area contributed by atoms with Gasteiger partial charge in [0.2, 0.25) is 0 Å². The van der Waals surface area contributed by atoms with E-state index in [0.717, 1.165) is 29.9 Å². The molecule has 0 aromatic heterocycles. The summed E-state index contributed by atoms with van der Waals surface area (Å²) in [5.41, 5.74) is 0.175. The Morgan fingerprint density at radius 2 is 2.12 bits per heavy atom. The van der Waals surface area contributed by atoms with Crippen LogP contribution in [0, 0.1) is 0 Å². The number of piperidine rings is 1. The van der Waals surface area contributed by atoms with Crippen molar-refractivity contribution in [2.45, 2.75) is 24.9 Å². The van der Waals surface area contributed by atoms with Crippen molar-refractivity contribution < 1.29 is 19.4 Å². The first-order valence-corrected chi connectivity index (χ1v) is 8.97. The second-order valence-electron chi connectivity index (χ2n) is 7.15. The van der Waals surface area contributed by atoms with Gasteiger partial charge in [-0.15, -0.1) is 0 Å². The van der Waals surface area contributed by atoms with Gasteiger partial charge >= 0.3 is 6.03 Å². The number of aliphatic hydroxyl groups is 1. The first-order chi connectivity index (χ1) is 12.4. The third-order valence-electron chi connectivity index (χ3n) is 4.62. The van der Waals surface area contributed by atoms with E-state index >= 15 is 0 Å². The zero-order chi connectivity index (χ0) is 19.2. The van der Waals surface area contributed by atoms with E-state index in [4.69, 9.17) is 9.47 Å². The van der Waals surface area contributed by atoms with E-state index in [-0.39, 0.29) is 6.03 Å². The second-order valence-corrected chi connectivity index (χ2v) is 7.15. The lowest BCUT2D eigenvalue weighted by Crippen LogP contribution is -2.56. The van der Waals surface area contributed by atoms with Crippen LogP contribution in [0.4, 0.5) is 4.79 Å². The van der Waals surface area contributed by atoms with E-state index < -0.39 is 5.60 Å². The summed E-state index contributed by atoms with van der Waals surface area (Å²) in [4.78, 5) is 16.1. The van der Waals surface area contributed by atoms with Crippen LogP contribution in [0.3, 0.4) is 0 Å². The Kier molecular flexibility index (Phi) is 7.11. The highest BCUT2D eigenvalue weighted by molar-refractivity contribution is 5.74. The molecule has 2 N–H and O–H groups in total. The Morgan fingerprint density at radius 3 is 2.77 bits per heavy atom. The highest BCUT2D eigenvalue weighted by Gasteiger charge is 2.35. The monoisotopic (exact) mass is 365 g/mol. The molecule has 0 aliphatic carbocycles. The molecule has 1 aliphatic rings. The number of urea groups is 1. The maximum absolute atomic E-state index is 12.5. The maximum atomic E-state index is 12.5. The molecule has 0 spiro atoms. The van der Waals surface area contributed by atoms with Crippen molar-refractivity contribution >= 4 is 6.03 Å². The molecule has 146 valence electrons. The van der Waals surface area contributed by atoms with E-state index in [9.17, 15) is 9.90 Å². The molecule has 1 aromatic carbocycles. The number of β-amino-alcohol motifs (C(OH)–C–C–N with tert-alkyl or cyclic N) is 1. The van der Waals surface area contributed by atoms with Gasteiger partial charge in [-0.3, -0.25) is 0 Å². The highest BCUT2D eigenvalue weighted by Crippen LogP contribution is 2.25. The average Bonchev–Trinajstić information content (AvgIpc) is 2.60. The van der Waals surface area contributed by atoms with Gasteiger partial charge < -0.3 is 29.7 Å². The minimum atomic E-state index is -0.835. The quantitative estimate of drug-likeness (QED) is 0.763. The predicted molar refractivity (Wildman–Crippen MR) is 101 cm³/mol. The van der Waals surface area contributed by atoms with Gasteiger partial charge in [-0.25, -0.2) is 4.79 Å². The van der Waals surface area contributed by atoms with Gasteiger partial charge in [-0.05, 0) is 45.0 Å². The lowest BCUT2D eigenvalue weighted by molar-refractivity contribution is -0.0346. The van der Waals surface area contributed by atoms with E-state index in [2.05, 4.69) is 5.32 Å². The van der Waals surface area contributed by atoms with E-state index in [1.165, 1.54) is 0 Å². The Morgan fingerprint density at radius 1 is 1.35 bits per heavy atom. The first-order valence-electron chi connectivity index (χ1n) is 8.97. The molecule has 0 bridgehead atoms. The first kappa shape index (κ1) is 20.3. The number of benzene rings is 1. The van der Waals surface area contributed by atoms with Crippen molar-refractivity contribution in [3.8, 4) is 11.5 Å². The SMILES string of the molecule is COc1ccc(CCNC(=O)N2CCC[C@@](O)(CN(C)C)C2)c(OC)c1. The van der Waals surface area contributed by atoms with E-state index in [0.29, 0.717) is 32.6 Å². The molecule has 1 aliphatic heterocycles. The zero-order valence-electron chi connectivity index (χ0n) is 16.2. The largest absolute Gasteiger partial charge is 0.497 e. The molecule has 1 fully saturated rings. The molecular weight excluding hydrogens is 334 g/mol. The number of carbonyl (C=O) groups is 1. The number of nitrogens with zero attached hydrogens (tertiary/aromatic N) is 2. The standard InChI is InChI=1S/C19H31N3O4/c1-21(2)13-19(24)9-5-11-22(14-19)18(23)20-10-8-15-6-7-16(25-3)12-17(15)26-4/h6-7,12,24H,5,8-11,13-14H2,1-4H3,(H,20,23)/t19-/m1/s1. The van der Waals surface area contributed by atoms with Gasteiger partial charge in [0, 0.05) is 25.7 Å². The third-order valence-corrected chi connectivity index (χ3v) is 4.62. The van der Waals surface area contributed by atoms with Gasteiger partial charge in [-0.1, -0.05) is 6.07 Å². The maximum Gasteiger partial charge on any atom is 0.317 e. The molecule has 0 unspecified atom stereocenters. The Labute approximate surface area is 155 Å². The van der Waals surface area contributed by atoms with Gasteiger partial charge in [0.05, 0.1) is 26.4 Å². The molecule has 1 aromatic rings. The number of likely N-dealkylation sites (tertiary alicyclic amines) is 1. The number of methoxy groups -OCH3 is 2. The van der Waals surface area contributed by atoms with Crippen molar-refractivity contribution in [1.82, 2.24) is 15.1 Å². The van der Waals surface area contributed by atoms with Crippen molar-refractivity contribution in [3.05, 3.63) is 23.8 Å². The summed E-state index contributed by atoms with van der Waals surface area (Å²) < 4.78 is 10.6. The van der Waals surface area contributed by atoms with Crippen LogP contribution in [-0.2, 0) is 6.42 Å². The number of carbonyl (C=O) groups excluding carboxylic acids is 1. The fraction of sp³-hybridized carbons (Fsp3) is 0.632. The number of ether oxygens (including phenoxy) is 2. The summed E-state index contributed by atoms with van der Waals surface area (Å²) in [5, 5.41) is 13.6. The second kappa shape index (κ2) is 9.09. The van der Waals surface area contributed by atoms with Crippen molar-refractivity contribution in [2.24, 2.45) is 0 Å². The van der Waals surface area contributed by atoms with Crippen LogP contribution in [0.2, 0.25) is 0 Å². The molecule has 2 amide bonds. The zero-order valence-corrected chi connectivity index (χ0v) is 16.2. The summed E-state index contributed by atoms with van der Waals surface area (Å²) in [6.07, 6.45) is 2.19. The van der Waals surface area contributed by atoms with Crippen LogP contribution in [0.1, 0.15) is 18.4 Å². The third kappa shape index (κ3) is 5.51. The molecule has 1 atom stereocenters. The van der Waals surface area contributed by atoms with Crippen LogP contribution in [0.15, 0.2) is 18.2 Å². The molecule has 7 nitrogen and oxygen atoms in total. The van der Waals surface area contributed by atoms with Gasteiger partial charge in [0.15, 0.2) is 0 Å². The average molecular weight is 365 g/mol. The van der Waals surface area contributed by atoms with Crippen molar-refractivity contribution in [2.75, 3.05) is 54.5 Å². The number of hydrogen-bond donors (Lipinski definition) is 2. The smallest absolute Gasteiger partial charge is 0.317 e. The molecule has 7 heteroatoms. The summed E-state index contributed by atoms with van der Waals surface area (Å²) in [5.74, 6) is 1.49. The predicted octanol–water partition coefficient (Wildman–Crippen LogP) is 1.34. The van der Waals surface area contributed by atoms with Gasteiger partial charge in [0.1, 0.15) is 11.5 Å². The van der Waals surface area contributed by atoms with Crippen LogP contribution < -0.4 is 14.8 Å². The molecule has 1 heterocycles. The minimum Gasteiger partial charge on any atom is -0.497 e. The Bertz CT molecular complexity index is 608. The molecule has 2 rings (SSSR count). The van der Waals surface area contributed by atoms with Crippen LogP contribution in [0.5, 0.6) is 11.5 Å². The molecule has 26 heavy (non-hydrogen) atoms. The number of hydrogen-bond acceptors (Lipinski definition) is 5. The Balaban J connectivity index is 1.87. The fourth-order valence-electron chi connectivity index (χ4n) is 3.48. The van der Waals surface area contributed by atoms with Gasteiger partial charge in [-0.2, -0.15) is 0 Å². The summed E-state index contributed by atoms with van der Waals surface area (Å²) in [6, 6.07) is 5.53. The summed E-state index contributed by atoms with van der Waals surface area (Å²) in [7, 11) is 7.10. The van der Waals surface area contributed by atoms with Gasteiger partial charge in [0.25, 0.3) is 0 Å². The molecule has 0 saturated carbocycles.